The molecule has 19 N–H and O–H groups in total. The van der Waals surface area contributed by atoms with Crippen molar-refractivity contribution in [3.05, 3.63) is 0 Å². The van der Waals surface area contributed by atoms with Crippen molar-refractivity contribution in [3.8, 4) is 0 Å². The number of carbonyl (C=O) groups is 12. The van der Waals surface area contributed by atoms with E-state index in [2.05, 4.69) is 42.2 Å². The van der Waals surface area contributed by atoms with Gasteiger partial charge in [0.15, 0.2) is 5.96 Å². The first-order valence-electron chi connectivity index (χ1n) is 24.4. The van der Waals surface area contributed by atoms with Gasteiger partial charge in [-0.2, -0.15) is 0 Å². The Balaban J connectivity index is 3.33. The molecule has 0 aliphatic carbocycles. The average molecular weight is 1060 g/mol. The zero-order chi connectivity index (χ0) is 56.4. The van der Waals surface area contributed by atoms with Crippen molar-refractivity contribution in [2.45, 2.75) is 172 Å². The van der Waals surface area contributed by atoms with Gasteiger partial charge in [-0.15, -0.1) is 0 Å². The molecule has 29 nitrogen and oxygen atoms in total. The van der Waals surface area contributed by atoms with Crippen molar-refractivity contribution >= 4 is 77.1 Å². The van der Waals surface area contributed by atoms with Crippen LogP contribution in [0, 0.1) is 11.8 Å². The molecule has 8 amide bonds. The summed E-state index contributed by atoms with van der Waals surface area (Å²) >= 11 is 0. The molecule has 0 spiro atoms. The summed E-state index contributed by atoms with van der Waals surface area (Å²) < 4.78 is 0. The van der Waals surface area contributed by atoms with Crippen LogP contribution in [0.15, 0.2) is 4.99 Å². The molecule has 0 unspecified atom stereocenters. The Bertz CT molecular complexity index is 2020. The number of carbonyl (C=O) groups excluding carboxylic acids is 8. The smallest absolute Gasteiger partial charge is 0.326 e. The van der Waals surface area contributed by atoms with Crippen LogP contribution in [0.1, 0.15) is 118 Å². The van der Waals surface area contributed by atoms with Gasteiger partial charge in [0.2, 0.25) is 47.3 Å². The SMILES string of the molecule is CC(C)C[C@H](NC(=O)[C@H](C)NC(=O)[C@H](CCCCN)NC(=O)[C@H](CCC(=O)O)NC(=O)[C@@H](NC(=O)[C@@H]1CCCN1C(=O)[C@@H](N)CCC(=O)O)C(C)C)C(=O)N[C@@H](CCCN=C(N)N)C(=O)N[C@@H](CC(=O)O)C(=O)O. The number of hydrogen-bond donors (Lipinski definition) is 15. The molecule has 29 heteroatoms. The second kappa shape index (κ2) is 32.8. The van der Waals surface area contributed by atoms with Crippen molar-refractivity contribution in [2.24, 2.45) is 39.8 Å². The number of rotatable bonds is 35. The van der Waals surface area contributed by atoms with E-state index in [1.54, 1.807) is 27.7 Å². The van der Waals surface area contributed by atoms with Gasteiger partial charge in [-0.25, -0.2) is 4.79 Å². The first-order valence-corrected chi connectivity index (χ1v) is 24.4. The van der Waals surface area contributed by atoms with Crippen LogP contribution in [-0.2, 0) is 57.5 Å². The van der Waals surface area contributed by atoms with E-state index in [4.69, 9.17) is 33.1 Å². The second-order valence-corrected chi connectivity index (χ2v) is 18.7. The van der Waals surface area contributed by atoms with Crippen molar-refractivity contribution in [1.82, 2.24) is 42.1 Å². The Morgan fingerprint density at radius 2 is 1.09 bits per heavy atom. The number of guanidine groups is 1. The Labute approximate surface area is 428 Å². The molecule has 1 fully saturated rings. The molecule has 0 aromatic rings. The van der Waals surface area contributed by atoms with Gasteiger partial charge in [0.25, 0.3) is 0 Å². The number of amides is 8. The zero-order valence-corrected chi connectivity index (χ0v) is 42.6. The summed E-state index contributed by atoms with van der Waals surface area (Å²) in [5, 5.41) is 54.4. The summed E-state index contributed by atoms with van der Waals surface area (Å²) in [5.41, 5.74) is 22.4. The van der Waals surface area contributed by atoms with Crippen molar-refractivity contribution in [3.63, 3.8) is 0 Å². The van der Waals surface area contributed by atoms with E-state index in [0.29, 0.717) is 12.8 Å². The van der Waals surface area contributed by atoms with Crippen LogP contribution in [0.4, 0.5) is 0 Å². The highest BCUT2D eigenvalue weighted by Gasteiger charge is 2.39. The lowest BCUT2D eigenvalue weighted by atomic mass is 10.0. The number of likely N-dealkylation sites (tertiary alicyclic amines) is 1. The summed E-state index contributed by atoms with van der Waals surface area (Å²) in [7, 11) is 0. The van der Waals surface area contributed by atoms with Gasteiger partial charge in [0, 0.05) is 25.9 Å². The van der Waals surface area contributed by atoms with Crippen molar-refractivity contribution in [1.29, 1.82) is 0 Å². The molecule has 1 rings (SSSR count). The molecule has 418 valence electrons. The minimum atomic E-state index is -1.86. The Morgan fingerprint density at radius 3 is 1.61 bits per heavy atom. The Hall–Kier alpha value is -7.17. The van der Waals surface area contributed by atoms with Gasteiger partial charge >= 0.3 is 23.9 Å². The van der Waals surface area contributed by atoms with E-state index in [1.807, 2.05) is 0 Å². The van der Waals surface area contributed by atoms with Gasteiger partial charge in [-0.05, 0) is 89.5 Å². The third kappa shape index (κ3) is 24.0. The number of aliphatic carboxylic acids is 4. The van der Waals surface area contributed by atoms with Crippen LogP contribution in [-0.4, -0.2) is 176 Å². The molecule has 9 atom stereocenters. The topological polar surface area (TPSA) is 490 Å². The predicted octanol–water partition coefficient (Wildman–Crippen LogP) is -4.11. The van der Waals surface area contributed by atoms with Crippen molar-refractivity contribution in [2.75, 3.05) is 19.6 Å². The number of nitrogens with zero attached hydrogens (tertiary/aromatic N) is 2. The van der Waals surface area contributed by atoms with E-state index in [-0.39, 0.29) is 82.9 Å². The highest BCUT2D eigenvalue weighted by Crippen LogP contribution is 2.20. The van der Waals surface area contributed by atoms with E-state index in [9.17, 15) is 67.7 Å². The second-order valence-electron chi connectivity index (χ2n) is 18.7. The first-order chi connectivity index (χ1) is 34.6. The number of nitrogens with two attached hydrogens (primary N) is 4. The number of carboxylic acids is 4. The number of hydrogen-bond acceptors (Lipinski definition) is 15. The number of unbranched alkanes of at least 4 members (excludes halogenated alkanes) is 1. The van der Waals surface area contributed by atoms with E-state index >= 15 is 0 Å². The molecule has 0 saturated carbocycles. The van der Waals surface area contributed by atoms with Crippen molar-refractivity contribution < 1.29 is 78.0 Å². The third-order valence-electron chi connectivity index (χ3n) is 11.6. The zero-order valence-electron chi connectivity index (χ0n) is 42.6. The van der Waals surface area contributed by atoms with Gasteiger partial charge in [0.1, 0.15) is 48.3 Å². The summed E-state index contributed by atoms with van der Waals surface area (Å²) in [6.07, 6.45) is -1.47. The molecule has 1 aliphatic heterocycles. The molecule has 1 aliphatic rings. The molecular weight excluding hydrogens is 979 g/mol. The quantitative estimate of drug-likeness (QED) is 0.0163. The summed E-state index contributed by atoms with van der Waals surface area (Å²) in [4.78, 5) is 160. The molecule has 0 aromatic carbocycles. The first kappa shape index (κ1) is 64.8. The monoisotopic (exact) mass is 1060 g/mol. The van der Waals surface area contributed by atoms with Gasteiger partial charge < -0.3 is 85.5 Å². The maximum absolute atomic E-state index is 13.9. The summed E-state index contributed by atoms with van der Waals surface area (Å²) in [5.74, 6) is -13.8. The molecule has 1 heterocycles. The predicted molar refractivity (Wildman–Crippen MR) is 263 cm³/mol. The van der Waals surface area contributed by atoms with Gasteiger partial charge in [-0.1, -0.05) is 27.7 Å². The van der Waals surface area contributed by atoms with Crippen LogP contribution < -0.4 is 60.2 Å². The molecule has 1 saturated heterocycles. The molecule has 0 aromatic heterocycles. The fourth-order valence-electron chi connectivity index (χ4n) is 7.61. The largest absolute Gasteiger partial charge is 0.481 e. The van der Waals surface area contributed by atoms with Crippen LogP contribution >= 0.6 is 0 Å². The number of aliphatic imine (C=N–C) groups is 1. The van der Waals surface area contributed by atoms with Crippen LogP contribution in [0.25, 0.3) is 0 Å². The van der Waals surface area contributed by atoms with Crippen LogP contribution in [0.3, 0.4) is 0 Å². The Kier molecular flexibility index (Phi) is 28.8. The lowest BCUT2D eigenvalue weighted by Gasteiger charge is -2.30. The fourth-order valence-corrected chi connectivity index (χ4v) is 7.61. The van der Waals surface area contributed by atoms with E-state index < -0.39 is 151 Å². The van der Waals surface area contributed by atoms with Gasteiger partial charge in [-0.3, -0.25) is 57.7 Å². The summed E-state index contributed by atoms with van der Waals surface area (Å²) in [6.45, 7) is 8.24. The van der Waals surface area contributed by atoms with E-state index in [0.717, 1.165) is 0 Å². The maximum atomic E-state index is 13.9. The van der Waals surface area contributed by atoms with E-state index in [1.165, 1.54) is 11.8 Å². The summed E-state index contributed by atoms with van der Waals surface area (Å²) in [6, 6.07) is -12.6. The van der Waals surface area contributed by atoms with Crippen LogP contribution in [0.5, 0.6) is 0 Å². The average Bonchev–Trinajstić information content (AvgIpc) is 3.80. The lowest BCUT2D eigenvalue weighted by Crippen LogP contribution is -2.60. The Morgan fingerprint density at radius 1 is 0.595 bits per heavy atom. The molecular formula is C45H77N13O16. The number of nitrogens with one attached hydrogen (secondary N) is 7. The maximum Gasteiger partial charge on any atom is 0.326 e. The molecule has 74 heavy (non-hydrogen) atoms. The molecule has 0 bridgehead atoms. The minimum Gasteiger partial charge on any atom is -0.481 e. The van der Waals surface area contributed by atoms with Gasteiger partial charge in [0.05, 0.1) is 12.5 Å². The molecule has 0 radical (unpaired) electrons. The van der Waals surface area contributed by atoms with Crippen LogP contribution in [0.2, 0.25) is 0 Å². The highest BCUT2D eigenvalue weighted by molar-refractivity contribution is 5.98. The standard InChI is InChI=1S/C45H77N13O16/c1-22(2)20-29(40(69)53-27(11-8-18-50-45(48)49)38(67)56-30(44(73)74)21-34(63)64)55-36(65)24(5)51-37(66)26(10-6-7-17-46)52-39(68)28(14-16-33(61)62)54-42(71)35(23(3)4)57-41(70)31-12-9-19-58(31)43(72)25(47)13-15-32(59)60/h22-31,35H,6-21,46-47H2,1-5H3,(H,51,66)(H,52,68)(H,53,69)(H,54,71)(H,55,65)(H,56,67)(H,57,70)(H,59,60)(H,61,62)(H,63,64)(H,73,74)(H4,48,49,50)/t24-,25-,26-,27-,28-,29-,30-,31-,35-/m0/s1. The number of carboxylic acid groups (broad SMARTS) is 4. The minimum absolute atomic E-state index is 0.00500. The highest BCUT2D eigenvalue weighted by atomic mass is 16.4. The normalized spacial score (nSPS) is 16.4. The lowest BCUT2D eigenvalue weighted by molar-refractivity contribution is -0.147. The third-order valence-corrected chi connectivity index (χ3v) is 11.6. The fraction of sp³-hybridized carbons (Fsp3) is 0.711.